The van der Waals surface area contributed by atoms with E-state index in [2.05, 4.69) is 26.0 Å². The van der Waals surface area contributed by atoms with E-state index in [0.717, 1.165) is 32.3 Å². The average molecular weight is 558 g/mol. The Balaban J connectivity index is 1.52. The van der Waals surface area contributed by atoms with Crippen molar-refractivity contribution in [3.8, 4) is 11.8 Å². The van der Waals surface area contributed by atoms with E-state index in [-0.39, 0.29) is 11.3 Å². The smallest absolute Gasteiger partial charge is 0.143 e. The molecular formula is C33H19N9O. The maximum Gasteiger partial charge on any atom is 0.143 e. The Morgan fingerprint density at radius 1 is 0.465 bits per heavy atom. The summed E-state index contributed by atoms with van der Waals surface area (Å²) in [5.74, 6) is 2.28. The van der Waals surface area contributed by atoms with Crippen molar-refractivity contribution in [3.05, 3.63) is 112 Å². The number of H-pyrrole nitrogens is 4. The molecule has 9 rings (SSSR count). The highest BCUT2D eigenvalue weighted by Crippen LogP contribution is 2.35. The lowest BCUT2D eigenvalue weighted by molar-refractivity contribution is 0.474. The summed E-state index contributed by atoms with van der Waals surface area (Å²) in [4.78, 5) is 33.6. The molecule has 0 spiro atoms. The molecule has 0 aliphatic carbocycles. The summed E-state index contributed by atoms with van der Waals surface area (Å²) in [6.07, 6.45) is 0. The number of aromatic nitrogens is 4. The Morgan fingerprint density at radius 2 is 0.860 bits per heavy atom. The van der Waals surface area contributed by atoms with Gasteiger partial charge in [-0.1, -0.05) is 72.8 Å². The molecule has 0 fully saturated rings. The van der Waals surface area contributed by atoms with Crippen molar-refractivity contribution in [2.45, 2.75) is 0 Å². The minimum absolute atomic E-state index is 0.116. The molecule has 0 amide bonds. The molecule has 10 nitrogen and oxygen atoms in total. The highest BCUT2D eigenvalue weighted by molar-refractivity contribution is 6.01. The minimum Gasteiger partial charge on any atom is -0.507 e. The molecule has 0 atom stereocenters. The number of hydrogen-bond donors (Lipinski definition) is 5. The lowest BCUT2D eigenvalue weighted by Gasteiger charge is -1.97. The molecule has 202 valence electrons. The molecule has 0 saturated carbocycles. The van der Waals surface area contributed by atoms with Gasteiger partial charge in [0.05, 0.1) is 0 Å². The number of aromatic hydroxyl groups is 1. The lowest BCUT2D eigenvalue weighted by atomic mass is 10.1. The molecule has 4 aromatic heterocycles. The van der Waals surface area contributed by atoms with Crippen molar-refractivity contribution in [1.29, 1.82) is 5.26 Å². The van der Waals surface area contributed by atoms with Gasteiger partial charge in [0, 0.05) is 43.1 Å². The molecule has 10 heteroatoms. The Labute approximate surface area is 240 Å². The zero-order valence-corrected chi connectivity index (χ0v) is 22.3. The number of benzene rings is 4. The van der Waals surface area contributed by atoms with E-state index in [1.54, 1.807) is 6.07 Å². The predicted molar refractivity (Wildman–Crippen MR) is 163 cm³/mol. The Hall–Kier alpha value is -6.47. The molecule has 0 radical (unpaired) electrons. The third kappa shape index (κ3) is 3.33. The van der Waals surface area contributed by atoms with Crippen LogP contribution in [0.3, 0.4) is 0 Å². The van der Waals surface area contributed by atoms with Crippen LogP contribution in [0.1, 0.15) is 5.56 Å². The number of fused-ring (bicyclic) bond motifs is 20. The number of nitrogens with one attached hydrogen (secondary N) is 4. The Morgan fingerprint density at radius 3 is 1.33 bits per heavy atom. The van der Waals surface area contributed by atoms with Gasteiger partial charge in [-0.25, -0.2) is 20.0 Å². The van der Waals surface area contributed by atoms with Crippen molar-refractivity contribution in [2.24, 2.45) is 20.0 Å². The molecule has 5 heterocycles. The van der Waals surface area contributed by atoms with Crippen molar-refractivity contribution >= 4 is 66.4 Å². The van der Waals surface area contributed by atoms with Crippen LogP contribution in [0.15, 0.2) is 105 Å². The van der Waals surface area contributed by atoms with Crippen molar-refractivity contribution in [2.75, 3.05) is 0 Å². The fraction of sp³-hybridized carbons (Fsp3) is 0. The van der Waals surface area contributed by atoms with Gasteiger partial charge in [-0.05, 0) is 12.1 Å². The SMILES string of the molecule is N#Cc1c(O)ccc2c3[nH]c(c12)=Nc1[nH]c(c2ccccc12)N=c1[nH]c(c2ccccc12)=Nc1[nH]c(c2ccccc12)N=3. The summed E-state index contributed by atoms with van der Waals surface area (Å²) in [5, 5.41) is 27.1. The molecule has 0 unspecified atom stereocenters. The molecule has 8 aromatic rings. The highest BCUT2D eigenvalue weighted by Gasteiger charge is 2.17. The fourth-order valence-corrected chi connectivity index (χ4v) is 5.97. The van der Waals surface area contributed by atoms with Crippen LogP contribution in [0, 0.1) is 11.3 Å². The zero-order chi connectivity index (χ0) is 28.7. The van der Waals surface area contributed by atoms with Gasteiger partial charge in [-0.15, -0.1) is 0 Å². The first-order valence-electron chi connectivity index (χ1n) is 13.6. The molecule has 4 aromatic carbocycles. The van der Waals surface area contributed by atoms with Gasteiger partial charge in [-0.3, -0.25) is 0 Å². The van der Waals surface area contributed by atoms with Gasteiger partial charge in [-0.2, -0.15) is 5.26 Å². The molecule has 43 heavy (non-hydrogen) atoms. The second-order valence-corrected chi connectivity index (χ2v) is 10.4. The average Bonchev–Trinajstić information content (AvgIpc) is 3.76. The van der Waals surface area contributed by atoms with Gasteiger partial charge in [0.1, 0.15) is 62.6 Å². The van der Waals surface area contributed by atoms with E-state index in [1.807, 2.05) is 72.8 Å². The van der Waals surface area contributed by atoms with E-state index in [1.165, 1.54) is 6.07 Å². The number of phenolic OH excluding ortho intramolecular Hbond substituents is 1. The first-order valence-corrected chi connectivity index (χ1v) is 13.6. The number of phenols is 1. The number of nitrogens with zero attached hydrogens (tertiary/aromatic N) is 5. The lowest BCUT2D eigenvalue weighted by Crippen LogP contribution is -2.10. The van der Waals surface area contributed by atoms with E-state index < -0.39 is 0 Å². The number of rotatable bonds is 0. The number of nitriles is 1. The summed E-state index contributed by atoms with van der Waals surface area (Å²) >= 11 is 0. The summed E-state index contributed by atoms with van der Waals surface area (Å²) < 4.78 is 0. The van der Waals surface area contributed by atoms with Crippen LogP contribution in [0.2, 0.25) is 0 Å². The first-order chi connectivity index (χ1) is 21.2. The third-order valence-electron chi connectivity index (χ3n) is 7.94. The van der Waals surface area contributed by atoms with Crippen LogP contribution < -0.4 is 22.0 Å². The number of aromatic amines is 4. The van der Waals surface area contributed by atoms with Crippen molar-refractivity contribution < 1.29 is 5.11 Å². The normalized spacial score (nSPS) is 12.5. The van der Waals surface area contributed by atoms with E-state index in [0.29, 0.717) is 56.0 Å². The van der Waals surface area contributed by atoms with Crippen LogP contribution >= 0.6 is 0 Å². The molecule has 5 N–H and O–H groups in total. The maximum atomic E-state index is 10.6. The van der Waals surface area contributed by atoms with Crippen molar-refractivity contribution in [3.63, 3.8) is 0 Å². The third-order valence-corrected chi connectivity index (χ3v) is 7.94. The van der Waals surface area contributed by atoms with Crippen LogP contribution in [0.4, 0.5) is 23.3 Å². The van der Waals surface area contributed by atoms with E-state index >= 15 is 0 Å². The second-order valence-electron chi connectivity index (χ2n) is 10.4. The zero-order valence-electron chi connectivity index (χ0n) is 22.3. The van der Waals surface area contributed by atoms with Gasteiger partial charge in [0.15, 0.2) is 0 Å². The quantitative estimate of drug-likeness (QED) is 0.171. The summed E-state index contributed by atoms with van der Waals surface area (Å²) in [5.41, 5.74) is 2.32. The molecule has 8 bridgehead atoms. The molecule has 1 aliphatic rings. The molecular weight excluding hydrogens is 538 g/mol. The highest BCUT2D eigenvalue weighted by atomic mass is 16.3. The van der Waals surface area contributed by atoms with Crippen LogP contribution in [0.5, 0.6) is 5.75 Å². The standard InChI is InChI=1S/C33H19N9O/c34-15-23-24(43)14-13-22-25(23)33-41-31-21-12-6-5-11-20(21)29(39-31)37-27-17-8-2-1-7-16(17)26(35-27)36-28-18-9-3-4-10-19(18)30(38-28)40-32(22)42-33/h1-14,43H,(H4,35,36,37,38,39,40,41,42). The monoisotopic (exact) mass is 557 g/mol. The van der Waals surface area contributed by atoms with Crippen LogP contribution in [0.25, 0.3) is 43.1 Å². The molecule has 0 saturated heterocycles. The maximum absolute atomic E-state index is 10.6. The first kappa shape index (κ1) is 23.3. The Kier molecular flexibility index (Phi) is 4.61. The number of hydrogen-bond acceptors (Lipinski definition) is 6. The van der Waals surface area contributed by atoms with Gasteiger partial charge < -0.3 is 25.0 Å². The predicted octanol–water partition coefficient (Wildman–Crippen LogP) is 5.31. The van der Waals surface area contributed by atoms with Crippen LogP contribution in [-0.2, 0) is 0 Å². The van der Waals surface area contributed by atoms with Crippen LogP contribution in [-0.4, -0.2) is 25.0 Å². The minimum atomic E-state index is -0.129. The summed E-state index contributed by atoms with van der Waals surface area (Å²) in [6, 6.07) is 29.1. The summed E-state index contributed by atoms with van der Waals surface area (Å²) in [6.45, 7) is 0. The fourth-order valence-electron chi connectivity index (χ4n) is 5.97. The van der Waals surface area contributed by atoms with Gasteiger partial charge in [0.25, 0.3) is 0 Å². The van der Waals surface area contributed by atoms with Crippen molar-refractivity contribution in [1.82, 2.24) is 19.9 Å². The van der Waals surface area contributed by atoms with E-state index in [4.69, 9.17) is 20.0 Å². The van der Waals surface area contributed by atoms with Gasteiger partial charge in [0.2, 0.25) is 0 Å². The van der Waals surface area contributed by atoms with E-state index in [9.17, 15) is 10.4 Å². The molecule has 1 aliphatic heterocycles. The summed E-state index contributed by atoms with van der Waals surface area (Å²) in [7, 11) is 0. The Bertz CT molecular complexity index is 2760. The van der Waals surface area contributed by atoms with Gasteiger partial charge >= 0.3 is 0 Å². The second kappa shape index (κ2) is 8.52. The topological polar surface area (TPSA) is 157 Å². The largest absolute Gasteiger partial charge is 0.507 e.